The minimum atomic E-state index is 0.771. The zero-order valence-electron chi connectivity index (χ0n) is 12.5. The Labute approximate surface area is 118 Å². The number of nitrogens with two attached hydrogens (primary N) is 1. The number of piperidine rings is 1. The summed E-state index contributed by atoms with van der Waals surface area (Å²) in [5, 5.41) is 0. The van der Waals surface area contributed by atoms with Crippen LogP contribution in [0.15, 0.2) is 4.99 Å². The number of nitrogens with zero attached hydrogens (tertiary/aromatic N) is 3. The second-order valence-electron chi connectivity index (χ2n) is 6.17. The number of hydrogen-bond donors (Lipinski definition) is 1. The van der Waals surface area contributed by atoms with Gasteiger partial charge in [0, 0.05) is 19.6 Å². The third-order valence-electron chi connectivity index (χ3n) is 4.50. The Morgan fingerprint density at radius 1 is 1.05 bits per heavy atom. The number of rotatable bonds is 3. The Bertz CT molecular complexity index is 274. The first-order valence-electron chi connectivity index (χ1n) is 8.03. The molecule has 0 amide bonds. The van der Waals surface area contributed by atoms with E-state index >= 15 is 0 Å². The van der Waals surface area contributed by atoms with Crippen molar-refractivity contribution in [1.82, 2.24) is 9.80 Å². The molecule has 0 aromatic heterocycles. The van der Waals surface area contributed by atoms with Crippen molar-refractivity contribution in [2.24, 2.45) is 16.6 Å². The molecule has 2 N–H and O–H groups in total. The molecule has 4 nitrogen and oxygen atoms in total. The molecule has 2 heterocycles. The molecule has 2 aliphatic rings. The molecular formula is C15H30N4. The molecule has 0 radical (unpaired) electrons. The Balaban J connectivity index is 1.68. The van der Waals surface area contributed by atoms with Crippen molar-refractivity contribution in [2.45, 2.75) is 45.4 Å². The lowest BCUT2D eigenvalue weighted by atomic mass is 9.99. The van der Waals surface area contributed by atoms with E-state index in [1.165, 1.54) is 51.6 Å². The summed E-state index contributed by atoms with van der Waals surface area (Å²) >= 11 is 0. The average molecular weight is 266 g/mol. The van der Waals surface area contributed by atoms with Crippen molar-refractivity contribution in [3.63, 3.8) is 0 Å². The van der Waals surface area contributed by atoms with Crippen LogP contribution in [0.2, 0.25) is 0 Å². The molecule has 19 heavy (non-hydrogen) atoms. The van der Waals surface area contributed by atoms with E-state index in [2.05, 4.69) is 21.7 Å². The quantitative estimate of drug-likeness (QED) is 0.627. The number of aliphatic imine (C=N–C) groups is 1. The van der Waals surface area contributed by atoms with E-state index in [0.29, 0.717) is 0 Å². The standard InChI is InChI=1S/C15H30N4/c1-14-6-11-18(12-7-14)13-8-17-15(16)19-9-4-2-3-5-10-19/h14H,2-13H2,1H3,(H2,16,17). The van der Waals surface area contributed by atoms with Gasteiger partial charge in [-0.3, -0.25) is 4.99 Å². The van der Waals surface area contributed by atoms with Crippen LogP contribution in [0.5, 0.6) is 0 Å². The molecule has 0 aliphatic carbocycles. The monoisotopic (exact) mass is 266 g/mol. The Morgan fingerprint density at radius 3 is 2.32 bits per heavy atom. The summed E-state index contributed by atoms with van der Waals surface area (Å²) in [6, 6.07) is 0. The molecule has 0 aromatic rings. The normalized spacial score (nSPS) is 24.5. The van der Waals surface area contributed by atoms with E-state index in [0.717, 1.165) is 38.1 Å². The highest BCUT2D eigenvalue weighted by Gasteiger charge is 2.15. The zero-order valence-corrected chi connectivity index (χ0v) is 12.5. The molecule has 0 atom stereocenters. The fourth-order valence-electron chi connectivity index (χ4n) is 2.99. The predicted molar refractivity (Wildman–Crippen MR) is 81.4 cm³/mol. The van der Waals surface area contributed by atoms with Crippen molar-refractivity contribution in [3.05, 3.63) is 0 Å². The van der Waals surface area contributed by atoms with E-state index in [-0.39, 0.29) is 0 Å². The van der Waals surface area contributed by atoms with Gasteiger partial charge in [0.05, 0.1) is 6.54 Å². The summed E-state index contributed by atoms with van der Waals surface area (Å²) in [7, 11) is 0. The molecule has 2 rings (SSSR count). The highest BCUT2D eigenvalue weighted by atomic mass is 15.3. The number of hydrogen-bond acceptors (Lipinski definition) is 2. The van der Waals surface area contributed by atoms with Gasteiger partial charge >= 0.3 is 0 Å². The number of guanidine groups is 1. The zero-order chi connectivity index (χ0) is 13.5. The van der Waals surface area contributed by atoms with Crippen molar-refractivity contribution < 1.29 is 0 Å². The summed E-state index contributed by atoms with van der Waals surface area (Å²) < 4.78 is 0. The third kappa shape index (κ3) is 5.01. The van der Waals surface area contributed by atoms with E-state index in [1.54, 1.807) is 0 Å². The van der Waals surface area contributed by atoms with Gasteiger partial charge in [-0.15, -0.1) is 0 Å². The van der Waals surface area contributed by atoms with E-state index in [1.807, 2.05) is 0 Å². The highest BCUT2D eigenvalue weighted by molar-refractivity contribution is 5.78. The van der Waals surface area contributed by atoms with Crippen LogP contribution in [0.3, 0.4) is 0 Å². The SMILES string of the molecule is CC1CCN(CCN=C(N)N2CCCCCC2)CC1. The van der Waals surface area contributed by atoms with Crippen LogP contribution < -0.4 is 5.73 Å². The van der Waals surface area contributed by atoms with Crippen molar-refractivity contribution in [2.75, 3.05) is 39.3 Å². The van der Waals surface area contributed by atoms with Crippen LogP contribution in [0.25, 0.3) is 0 Å². The summed E-state index contributed by atoms with van der Waals surface area (Å²) in [5.41, 5.74) is 6.11. The molecule has 0 bridgehead atoms. The van der Waals surface area contributed by atoms with Gasteiger partial charge in [0.15, 0.2) is 5.96 Å². The van der Waals surface area contributed by atoms with Crippen LogP contribution >= 0.6 is 0 Å². The fraction of sp³-hybridized carbons (Fsp3) is 0.933. The maximum atomic E-state index is 6.11. The van der Waals surface area contributed by atoms with E-state index in [4.69, 9.17) is 5.73 Å². The van der Waals surface area contributed by atoms with Crippen LogP contribution in [0.4, 0.5) is 0 Å². The molecule has 2 fully saturated rings. The second kappa shape index (κ2) is 7.73. The minimum absolute atomic E-state index is 0.771. The second-order valence-corrected chi connectivity index (χ2v) is 6.17. The molecule has 110 valence electrons. The van der Waals surface area contributed by atoms with Crippen molar-refractivity contribution in [3.8, 4) is 0 Å². The van der Waals surface area contributed by atoms with Crippen LogP contribution in [0, 0.1) is 5.92 Å². The molecule has 0 aromatic carbocycles. The van der Waals surface area contributed by atoms with Crippen LogP contribution in [-0.2, 0) is 0 Å². The average Bonchev–Trinajstić information content (AvgIpc) is 2.70. The van der Waals surface area contributed by atoms with Gasteiger partial charge in [-0.2, -0.15) is 0 Å². The van der Waals surface area contributed by atoms with Gasteiger partial charge in [-0.1, -0.05) is 19.8 Å². The molecule has 2 aliphatic heterocycles. The van der Waals surface area contributed by atoms with Gasteiger partial charge in [0.25, 0.3) is 0 Å². The summed E-state index contributed by atoms with van der Waals surface area (Å²) in [6.07, 6.45) is 7.89. The van der Waals surface area contributed by atoms with E-state index in [9.17, 15) is 0 Å². The lowest BCUT2D eigenvalue weighted by Gasteiger charge is -2.29. The smallest absolute Gasteiger partial charge is 0.191 e. The molecule has 0 spiro atoms. The first-order valence-corrected chi connectivity index (χ1v) is 8.03. The minimum Gasteiger partial charge on any atom is -0.370 e. The molecular weight excluding hydrogens is 236 g/mol. The predicted octanol–water partition coefficient (Wildman–Crippen LogP) is 1.91. The van der Waals surface area contributed by atoms with Gasteiger partial charge in [0.1, 0.15) is 0 Å². The first kappa shape index (κ1) is 14.6. The topological polar surface area (TPSA) is 44.9 Å². The first-order chi connectivity index (χ1) is 9.25. The van der Waals surface area contributed by atoms with Gasteiger partial charge in [-0.25, -0.2) is 0 Å². The molecule has 2 saturated heterocycles. The molecule has 4 heteroatoms. The maximum Gasteiger partial charge on any atom is 0.191 e. The molecule has 0 unspecified atom stereocenters. The van der Waals surface area contributed by atoms with Gasteiger partial charge in [-0.05, 0) is 44.7 Å². The number of likely N-dealkylation sites (tertiary alicyclic amines) is 2. The van der Waals surface area contributed by atoms with Crippen LogP contribution in [0.1, 0.15) is 45.4 Å². The van der Waals surface area contributed by atoms with Crippen LogP contribution in [-0.4, -0.2) is 55.0 Å². The summed E-state index contributed by atoms with van der Waals surface area (Å²) in [4.78, 5) is 9.38. The Morgan fingerprint density at radius 2 is 1.68 bits per heavy atom. The van der Waals surface area contributed by atoms with E-state index < -0.39 is 0 Å². The summed E-state index contributed by atoms with van der Waals surface area (Å²) in [6.45, 7) is 8.94. The Kier molecular flexibility index (Phi) is 5.95. The van der Waals surface area contributed by atoms with Gasteiger partial charge in [0.2, 0.25) is 0 Å². The summed E-state index contributed by atoms with van der Waals surface area (Å²) in [5.74, 6) is 1.68. The van der Waals surface area contributed by atoms with Crippen molar-refractivity contribution in [1.29, 1.82) is 0 Å². The lowest BCUT2D eigenvalue weighted by molar-refractivity contribution is 0.197. The fourth-order valence-corrected chi connectivity index (χ4v) is 2.99. The van der Waals surface area contributed by atoms with Crippen molar-refractivity contribution >= 4 is 5.96 Å². The molecule has 0 saturated carbocycles. The largest absolute Gasteiger partial charge is 0.370 e. The highest BCUT2D eigenvalue weighted by Crippen LogP contribution is 2.15. The lowest BCUT2D eigenvalue weighted by Crippen LogP contribution is -2.39. The third-order valence-corrected chi connectivity index (χ3v) is 4.50. The maximum absolute atomic E-state index is 6.11. The Hall–Kier alpha value is -0.770. The van der Waals surface area contributed by atoms with Gasteiger partial charge < -0.3 is 15.5 Å².